The van der Waals surface area contributed by atoms with Gasteiger partial charge >= 0.3 is 0 Å². The van der Waals surface area contributed by atoms with Crippen LogP contribution < -0.4 is 0 Å². The molecule has 0 aromatic carbocycles. The second kappa shape index (κ2) is 3.93. The zero-order chi connectivity index (χ0) is 6.62. The molecule has 0 aliphatic heterocycles. The van der Waals surface area contributed by atoms with Gasteiger partial charge in [-0.15, -0.1) is 0 Å². The molecule has 0 aliphatic rings. The Morgan fingerprint density at radius 3 is 1.88 bits per heavy atom. The lowest BCUT2D eigenvalue weighted by atomic mass is 10.3. The molecule has 1 nitrogen and oxygen atoms in total. The zero-order valence-electron chi connectivity index (χ0n) is 4.41. The van der Waals surface area contributed by atoms with Gasteiger partial charge in [-0.3, -0.25) is 0 Å². The van der Waals surface area contributed by atoms with Gasteiger partial charge in [0.1, 0.15) is 0 Å². The van der Waals surface area contributed by atoms with Crippen LogP contribution in [0, 0.1) is 0 Å². The largest absolute Gasteiger partial charge is 0.396 e. The third kappa shape index (κ3) is 7.01. The molecule has 0 aliphatic carbocycles. The maximum Gasteiger partial charge on any atom is 0.0981 e. The van der Waals surface area contributed by atoms with Crippen molar-refractivity contribution in [1.82, 2.24) is 0 Å². The molecule has 0 saturated heterocycles. The molecule has 0 rings (SSSR count). The Balaban J connectivity index is 3.11. The van der Waals surface area contributed by atoms with Gasteiger partial charge in [-0.1, -0.05) is 0 Å². The van der Waals surface area contributed by atoms with E-state index in [0.717, 1.165) is 0 Å². The van der Waals surface area contributed by atoms with Gasteiger partial charge < -0.3 is 5.11 Å². The SMILES string of the molecule is OCCCC(S)(S)S. The monoisotopic (exact) mass is 170 g/mol. The first-order valence-corrected chi connectivity index (χ1v) is 3.68. The zero-order valence-corrected chi connectivity index (χ0v) is 7.09. The number of rotatable bonds is 3. The summed E-state index contributed by atoms with van der Waals surface area (Å²) in [5.41, 5.74) is 0. The lowest BCUT2D eigenvalue weighted by molar-refractivity contribution is 0.286. The second-order valence-corrected chi connectivity index (χ2v) is 4.95. The van der Waals surface area contributed by atoms with E-state index in [4.69, 9.17) is 5.11 Å². The quantitative estimate of drug-likeness (QED) is 0.371. The molecule has 1 N–H and O–H groups in total. The highest BCUT2D eigenvalue weighted by Gasteiger charge is 2.11. The Labute approximate surface area is 66.1 Å². The number of aliphatic hydroxyl groups excluding tert-OH is 1. The first kappa shape index (κ1) is 9.01. The van der Waals surface area contributed by atoms with Crippen molar-refractivity contribution in [3.05, 3.63) is 0 Å². The van der Waals surface area contributed by atoms with Gasteiger partial charge in [-0.2, -0.15) is 37.9 Å². The van der Waals surface area contributed by atoms with Gasteiger partial charge in [0.05, 0.1) is 3.41 Å². The van der Waals surface area contributed by atoms with E-state index < -0.39 is 3.41 Å². The summed E-state index contributed by atoms with van der Waals surface area (Å²) in [6.45, 7) is 0.184. The molecule has 0 heterocycles. The molecule has 0 spiro atoms. The lowest BCUT2D eigenvalue weighted by Gasteiger charge is -2.12. The maximum absolute atomic E-state index is 8.33. The van der Waals surface area contributed by atoms with Crippen molar-refractivity contribution in [2.24, 2.45) is 0 Å². The van der Waals surface area contributed by atoms with E-state index in [1.165, 1.54) is 0 Å². The topological polar surface area (TPSA) is 20.2 Å². The van der Waals surface area contributed by atoms with Gasteiger partial charge in [-0.25, -0.2) is 0 Å². The van der Waals surface area contributed by atoms with Crippen molar-refractivity contribution in [3.63, 3.8) is 0 Å². The summed E-state index contributed by atoms with van der Waals surface area (Å²) in [6, 6.07) is 0. The number of thiol groups is 3. The van der Waals surface area contributed by atoms with Crippen molar-refractivity contribution < 1.29 is 5.11 Å². The minimum absolute atomic E-state index is 0.184. The average Bonchev–Trinajstić information content (AvgIpc) is 1.59. The minimum Gasteiger partial charge on any atom is -0.396 e. The van der Waals surface area contributed by atoms with E-state index in [-0.39, 0.29) is 6.61 Å². The number of hydrogen-bond donors (Lipinski definition) is 4. The van der Waals surface area contributed by atoms with Gasteiger partial charge in [0.25, 0.3) is 0 Å². The van der Waals surface area contributed by atoms with E-state index >= 15 is 0 Å². The van der Waals surface area contributed by atoms with Gasteiger partial charge in [-0.05, 0) is 12.8 Å². The van der Waals surface area contributed by atoms with E-state index in [2.05, 4.69) is 37.9 Å². The highest BCUT2D eigenvalue weighted by Crippen LogP contribution is 2.29. The Morgan fingerprint density at radius 1 is 1.25 bits per heavy atom. The smallest absolute Gasteiger partial charge is 0.0981 e. The van der Waals surface area contributed by atoms with Gasteiger partial charge in [0, 0.05) is 6.61 Å². The molecular formula is C4H10OS3. The molecular weight excluding hydrogens is 160 g/mol. The second-order valence-electron chi connectivity index (χ2n) is 1.60. The summed E-state index contributed by atoms with van der Waals surface area (Å²) >= 11 is 12.0. The van der Waals surface area contributed by atoms with E-state index in [1.807, 2.05) is 0 Å². The van der Waals surface area contributed by atoms with Crippen LogP contribution in [-0.4, -0.2) is 15.1 Å². The van der Waals surface area contributed by atoms with Crippen LogP contribution in [0.15, 0.2) is 0 Å². The predicted molar refractivity (Wildman–Crippen MR) is 46.0 cm³/mol. The summed E-state index contributed by atoms with van der Waals surface area (Å²) in [4.78, 5) is 0. The number of hydrogen-bond acceptors (Lipinski definition) is 4. The van der Waals surface area contributed by atoms with Crippen molar-refractivity contribution >= 4 is 37.9 Å². The van der Waals surface area contributed by atoms with Crippen molar-refractivity contribution in [1.29, 1.82) is 0 Å². The fourth-order valence-corrected chi connectivity index (χ4v) is 0.791. The van der Waals surface area contributed by atoms with Gasteiger partial charge in [0.15, 0.2) is 0 Å². The van der Waals surface area contributed by atoms with Crippen LogP contribution in [0.5, 0.6) is 0 Å². The van der Waals surface area contributed by atoms with Crippen LogP contribution >= 0.6 is 37.9 Å². The molecule has 4 heteroatoms. The summed E-state index contributed by atoms with van der Waals surface area (Å²) < 4.78 is -0.525. The average molecular weight is 170 g/mol. The van der Waals surface area contributed by atoms with Crippen LogP contribution in [0.3, 0.4) is 0 Å². The van der Waals surface area contributed by atoms with E-state index in [0.29, 0.717) is 12.8 Å². The normalized spacial score (nSPS) is 12.0. The van der Waals surface area contributed by atoms with Crippen LogP contribution in [0.25, 0.3) is 0 Å². The van der Waals surface area contributed by atoms with E-state index in [1.54, 1.807) is 0 Å². The van der Waals surface area contributed by atoms with Gasteiger partial charge in [0.2, 0.25) is 0 Å². The summed E-state index contributed by atoms with van der Waals surface area (Å²) in [5, 5.41) is 8.33. The fourth-order valence-electron chi connectivity index (χ4n) is 0.316. The molecule has 0 atom stereocenters. The number of aliphatic hydroxyl groups is 1. The minimum atomic E-state index is -0.525. The highest BCUT2D eigenvalue weighted by molar-refractivity contribution is 8.16. The Hall–Kier alpha value is 1.01. The molecule has 0 aromatic heterocycles. The molecule has 0 fully saturated rings. The maximum atomic E-state index is 8.33. The molecule has 0 radical (unpaired) electrons. The van der Waals surface area contributed by atoms with Crippen molar-refractivity contribution in [3.8, 4) is 0 Å². The third-order valence-corrected chi connectivity index (χ3v) is 1.34. The molecule has 0 aromatic rings. The summed E-state index contributed by atoms with van der Waals surface area (Å²) in [6.07, 6.45) is 1.41. The Kier molecular flexibility index (Phi) is 4.42. The molecule has 0 unspecified atom stereocenters. The van der Waals surface area contributed by atoms with E-state index in [9.17, 15) is 0 Å². The summed E-state index contributed by atoms with van der Waals surface area (Å²) in [5.74, 6) is 0. The highest BCUT2D eigenvalue weighted by atomic mass is 32.2. The van der Waals surface area contributed by atoms with Crippen molar-refractivity contribution in [2.45, 2.75) is 16.3 Å². The first-order chi connectivity index (χ1) is 3.56. The van der Waals surface area contributed by atoms with Crippen LogP contribution in [0.1, 0.15) is 12.8 Å². The van der Waals surface area contributed by atoms with Crippen LogP contribution in [-0.2, 0) is 0 Å². The Bertz CT molecular complexity index is 58.8. The van der Waals surface area contributed by atoms with Crippen molar-refractivity contribution in [2.75, 3.05) is 6.61 Å². The standard InChI is InChI=1S/C4H10OS3/c5-3-1-2-4(6,7)8/h5-8H,1-3H2. The fraction of sp³-hybridized carbons (Fsp3) is 1.00. The molecule has 0 saturated carbocycles. The third-order valence-electron chi connectivity index (χ3n) is 0.670. The first-order valence-electron chi connectivity index (χ1n) is 2.34. The lowest BCUT2D eigenvalue weighted by Crippen LogP contribution is -2.02. The Morgan fingerprint density at radius 2 is 1.75 bits per heavy atom. The molecule has 0 amide bonds. The molecule has 50 valence electrons. The predicted octanol–water partition coefficient (Wildman–Crippen LogP) is 1.20. The van der Waals surface area contributed by atoms with Crippen LogP contribution in [0.2, 0.25) is 0 Å². The molecule has 0 bridgehead atoms. The summed E-state index contributed by atoms with van der Waals surface area (Å²) in [7, 11) is 0. The molecule has 8 heavy (non-hydrogen) atoms. The van der Waals surface area contributed by atoms with Crippen LogP contribution in [0.4, 0.5) is 0 Å².